The molecule has 0 atom stereocenters. The maximum Gasteiger partial charge on any atom is 0.339 e. The Morgan fingerprint density at radius 2 is 1.75 bits per heavy atom. The van der Waals surface area contributed by atoms with Crippen molar-refractivity contribution in [2.24, 2.45) is 5.10 Å². The van der Waals surface area contributed by atoms with E-state index in [1.165, 1.54) is 42.6 Å². The molecule has 28 heavy (non-hydrogen) atoms. The molecule has 0 fully saturated rings. The Balaban J connectivity index is 1.61. The van der Waals surface area contributed by atoms with Crippen LogP contribution in [0, 0.1) is 10.1 Å². The maximum absolute atomic E-state index is 12.2. The molecule has 1 heterocycles. The lowest BCUT2D eigenvalue weighted by Gasteiger charge is -2.07. The fourth-order valence-corrected chi connectivity index (χ4v) is 3.06. The summed E-state index contributed by atoms with van der Waals surface area (Å²) >= 11 is 0. The van der Waals surface area contributed by atoms with Crippen LogP contribution in [-0.4, -0.2) is 24.5 Å². The molecular weight excluding hydrogens is 384 g/mol. The second kappa shape index (κ2) is 8.27. The first kappa shape index (κ1) is 19.0. The molecule has 9 nitrogen and oxygen atoms in total. The predicted octanol–water partition coefficient (Wildman–Crippen LogP) is 3.20. The third kappa shape index (κ3) is 4.89. The van der Waals surface area contributed by atoms with E-state index in [1.807, 2.05) is 0 Å². The van der Waals surface area contributed by atoms with Crippen molar-refractivity contribution in [1.82, 2.24) is 4.98 Å². The van der Waals surface area contributed by atoms with E-state index in [4.69, 9.17) is 4.18 Å². The quantitative estimate of drug-likeness (QED) is 0.280. The Bertz CT molecular complexity index is 1080. The van der Waals surface area contributed by atoms with Gasteiger partial charge in [-0.05, 0) is 48.0 Å². The molecule has 0 aliphatic heterocycles. The first-order chi connectivity index (χ1) is 13.4. The van der Waals surface area contributed by atoms with Gasteiger partial charge in [0.05, 0.1) is 11.1 Å². The van der Waals surface area contributed by atoms with E-state index in [2.05, 4.69) is 15.5 Å². The minimum Gasteiger partial charge on any atom is -0.379 e. The molecule has 0 saturated heterocycles. The average Bonchev–Trinajstić information content (AvgIpc) is 2.70. The fraction of sp³-hybridized carbons (Fsp3) is 0. The van der Waals surface area contributed by atoms with Crippen molar-refractivity contribution in [3.8, 4) is 5.75 Å². The summed E-state index contributed by atoms with van der Waals surface area (Å²) in [5.41, 5.74) is 3.21. The van der Waals surface area contributed by atoms with Crippen LogP contribution >= 0.6 is 0 Å². The normalized spacial score (nSPS) is 11.3. The Morgan fingerprint density at radius 3 is 2.36 bits per heavy atom. The molecule has 0 bridgehead atoms. The first-order valence-electron chi connectivity index (χ1n) is 7.93. The van der Waals surface area contributed by atoms with Crippen LogP contribution in [0.3, 0.4) is 0 Å². The molecule has 142 valence electrons. The average molecular weight is 398 g/mol. The predicted molar refractivity (Wildman–Crippen MR) is 103 cm³/mol. The van der Waals surface area contributed by atoms with Crippen LogP contribution in [0.1, 0.15) is 5.56 Å². The lowest BCUT2D eigenvalue weighted by Crippen LogP contribution is -2.09. The Morgan fingerprint density at radius 1 is 1.04 bits per heavy atom. The van der Waals surface area contributed by atoms with Crippen molar-refractivity contribution < 1.29 is 17.5 Å². The highest BCUT2D eigenvalue weighted by atomic mass is 32.2. The molecule has 1 N–H and O–H groups in total. The fourth-order valence-electron chi connectivity index (χ4n) is 2.10. The minimum atomic E-state index is -3.89. The molecule has 0 aliphatic rings. The van der Waals surface area contributed by atoms with Gasteiger partial charge in [0.2, 0.25) is 0 Å². The van der Waals surface area contributed by atoms with Gasteiger partial charge in [0.25, 0.3) is 5.69 Å². The van der Waals surface area contributed by atoms with Crippen molar-refractivity contribution in [3.63, 3.8) is 0 Å². The second-order valence-corrected chi connectivity index (χ2v) is 6.99. The summed E-state index contributed by atoms with van der Waals surface area (Å²) in [6.07, 6.45) is 2.61. The van der Waals surface area contributed by atoms with Crippen LogP contribution in [0.4, 0.5) is 11.5 Å². The molecule has 0 unspecified atom stereocenters. The summed E-state index contributed by atoms with van der Waals surface area (Å²) in [5, 5.41) is 14.5. The highest BCUT2D eigenvalue weighted by Gasteiger charge is 2.15. The van der Waals surface area contributed by atoms with E-state index < -0.39 is 15.0 Å². The summed E-state index contributed by atoms with van der Waals surface area (Å²) in [4.78, 5) is 14.0. The summed E-state index contributed by atoms with van der Waals surface area (Å²) < 4.78 is 29.4. The third-order valence-corrected chi connectivity index (χ3v) is 4.73. The highest BCUT2D eigenvalue weighted by Crippen LogP contribution is 2.18. The zero-order chi connectivity index (χ0) is 20.0. The number of hydrazone groups is 1. The van der Waals surface area contributed by atoms with E-state index in [9.17, 15) is 18.5 Å². The standard InChI is InChI=1S/C18H14N4O5S/c23-22(24)15-8-11-18(19-13-15)21-20-12-14-6-9-16(10-7-14)27-28(25,26)17-4-2-1-3-5-17/h1-13H,(H,19,21)/b20-12+. The number of benzene rings is 2. The molecule has 10 heteroatoms. The van der Waals surface area contributed by atoms with Crippen LogP contribution in [0.25, 0.3) is 0 Å². The molecule has 0 aliphatic carbocycles. The third-order valence-electron chi connectivity index (χ3n) is 3.47. The zero-order valence-corrected chi connectivity index (χ0v) is 15.1. The summed E-state index contributed by atoms with van der Waals surface area (Å²) in [7, 11) is -3.89. The van der Waals surface area contributed by atoms with Gasteiger partial charge in [0.15, 0.2) is 0 Å². The molecule has 3 aromatic rings. The Labute approximate surface area is 160 Å². The van der Waals surface area contributed by atoms with Crippen molar-refractivity contribution >= 4 is 27.8 Å². The number of hydrogen-bond acceptors (Lipinski definition) is 8. The van der Waals surface area contributed by atoms with Gasteiger partial charge in [0.1, 0.15) is 22.7 Å². The minimum absolute atomic E-state index is 0.0698. The van der Waals surface area contributed by atoms with Crippen molar-refractivity contribution in [3.05, 3.63) is 88.6 Å². The van der Waals surface area contributed by atoms with E-state index in [0.717, 1.165) is 6.20 Å². The highest BCUT2D eigenvalue weighted by molar-refractivity contribution is 7.87. The van der Waals surface area contributed by atoms with Crippen LogP contribution < -0.4 is 9.61 Å². The summed E-state index contributed by atoms with van der Waals surface area (Å²) in [5.74, 6) is 0.516. The van der Waals surface area contributed by atoms with E-state index in [0.29, 0.717) is 11.4 Å². The van der Waals surface area contributed by atoms with Gasteiger partial charge in [0, 0.05) is 6.07 Å². The van der Waals surface area contributed by atoms with Gasteiger partial charge >= 0.3 is 10.1 Å². The lowest BCUT2D eigenvalue weighted by molar-refractivity contribution is -0.385. The number of nitro groups is 1. The van der Waals surface area contributed by atoms with Crippen LogP contribution in [-0.2, 0) is 10.1 Å². The molecule has 0 spiro atoms. The summed E-state index contributed by atoms with van der Waals surface area (Å²) in [6, 6.07) is 16.9. The van der Waals surface area contributed by atoms with Gasteiger partial charge in [-0.3, -0.25) is 15.5 Å². The monoisotopic (exact) mass is 398 g/mol. The van der Waals surface area contributed by atoms with Crippen LogP contribution in [0.5, 0.6) is 5.75 Å². The van der Waals surface area contributed by atoms with Gasteiger partial charge in [-0.2, -0.15) is 13.5 Å². The molecular formula is C18H14N4O5S. The lowest BCUT2D eigenvalue weighted by atomic mass is 10.2. The number of nitrogens with one attached hydrogen (secondary N) is 1. The molecule has 0 radical (unpaired) electrons. The number of aromatic nitrogens is 1. The SMILES string of the molecule is O=[N+]([O-])c1ccc(N/N=C/c2ccc(OS(=O)(=O)c3ccccc3)cc2)nc1. The van der Waals surface area contributed by atoms with Gasteiger partial charge < -0.3 is 4.18 Å². The molecule has 3 rings (SSSR count). The molecule has 2 aromatic carbocycles. The Kier molecular flexibility index (Phi) is 5.61. The van der Waals surface area contributed by atoms with Crippen LogP contribution in [0.15, 0.2) is 82.9 Å². The number of nitrogens with zero attached hydrogens (tertiary/aromatic N) is 3. The molecule has 0 saturated carbocycles. The number of anilines is 1. The van der Waals surface area contributed by atoms with Crippen molar-refractivity contribution in [1.29, 1.82) is 0 Å². The summed E-state index contributed by atoms with van der Waals surface area (Å²) in [6.45, 7) is 0. The van der Waals surface area contributed by atoms with Gasteiger partial charge in [-0.1, -0.05) is 18.2 Å². The van der Waals surface area contributed by atoms with Gasteiger partial charge in [-0.25, -0.2) is 4.98 Å². The second-order valence-electron chi connectivity index (χ2n) is 5.45. The number of rotatable bonds is 7. The van der Waals surface area contributed by atoms with E-state index in [1.54, 1.807) is 30.3 Å². The van der Waals surface area contributed by atoms with Crippen molar-refractivity contribution in [2.45, 2.75) is 4.90 Å². The topological polar surface area (TPSA) is 124 Å². The maximum atomic E-state index is 12.2. The van der Waals surface area contributed by atoms with Crippen molar-refractivity contribution in [2.75, 3.05) is 5.43 Å². The number of pyridine rings is 1. The molecule has 1 aromatic heterocycles. The molecule has 0 amide bonds. The van der Waals surface area contributed by atoms with Crippen LogP contribution in [0.2, 0.25) is 0 Å². The van der Waals surface area contributed by atoms with E-state index >= 15 is 0 Å². The van der Waals surface area contributed by atoms with Gasteiger partial charge in [-0.15, -0.1) is 0 Å². The zero-order valence-electron chi connectivity index (χ0n) is 14.3. The number of hydrogen-bond donors (Lipinski definition) is 1. The smallest absolute Gasteiger partial charge is 0.339 e. The van der Waals surface area contributed by atoms with E-state index in [-0.39, 0.29) is 16.3 Å². The first-order valence-corrected chi connectivity index (χ1v) is 9.34. The Hall–Kier alpha value is -3.79. The largest absolute Gasteiger partial charge is 0.379 e.